The summed E-state index contributed by atoms with van der Waals surface area (Å²) in [6.45, 7) is 6.16. The Bertz CT molecular complexity index is 487. The zero-order valence-electron chi connectivity index (χ0n) is 10.9. The Labute approximate surface area is 121 Å². The summed E-state index contributed by atoms with van der Waals surface area (Å²) in [6.07, 6.45) is 1.63. The van der Waals surface area contributed by atoms with Crippen LogP contribution in [0.3, 0.4) is 0 Å². The predicted octanol–water partition coefficient (Wildman–Crippen LogP) is 2.16. The molecule has 1 aliphatic heterocycles. The van der Waals surface area contributed by atoms with Gasteiger partial charge in [-0.2, -0.15) is 11.8 Å². The number of oxime groups is 1. The van der Waals surface area contributed by atoms with Crippen LogP contribution in [-0.2, 0) is 0 Å². The predicted molar refractivity (Wildman–Crippen MR) is 80.5 cm³/mol. The first-order valence-electron chi connectivity index (χ1n) is 6.05. The molecule has 2 heterocycles. The average Bonchev–Trinajstić information content (AvgIpc) is 2.37. The number of amidine groups is 1. The van der Waals surface area contributed by atoms with Crippen molar-refractivity contribution < 1.29 is 5.21 Å². The minimum Gasteiger partial charge on any atom is -0.409 e. The van der Waals surface area contributed by atoms with E-state index in [1.54, 1.807) is 12.3 Å². The Hall–Kier alpha value is -1.14. The number of hydrogen-bond acceptors (Lipinski definition) is 5. The SMILES string of the molecule is CC1CN(c2nccc(/C(N)=N/O)c2Cl)CC(C)S1. The van der Waals surface area contributed by atoms with Gasteiger partial charge in [-0.15, -0.1) is 0 Å². The maximum atomic E-state index is 8.76. The Kier molecular flexibility index (Phi) is 4.42. The third kappa shape index (κ3) is 3.06. The third-order valence-corrected chi connectivity index (χ3v) is 4.57. The zero-order valence-corrected chi connectivity index (χ0v) is 12.4. The van der Waals surface area contributed by atoms with Gasteiger partial charge in [0.25, 0.3) is 0 Å². The highest BCUT2D eigenvalue weighted by Gasteiger charge is 2.25. The van der Waals surface area contributed by atoms with Crippen LogP contribution in [0.4, 0.5) is 5.82 Å². The van der Waals surface area contributed by atoms with Crippen molar-refractivity contribution >= 4 is 35.0 Å². The molecule has 104 valence electrons. The lowest BCUT2D eigenvalue weighted by molar-refractivity contribution is 0.318. The molecule has 7 heteroatoms. The quantitative estimate of drug-likeness (QED) is 0.379. The molecule has 0 radical (unpaired) electrons. The highest BCUT2D eigenvalue weighted by Crippen LogP contribution is 2.32. The summed E-state index contributed by atoms with van der Waals surface area (Å²) in [5.41, 5.74) is 6.12. The fourth-order valence-corrected chi connectivity index (χ4v) is 3.91. The highest BCUT2D eigenvalue weighted by atomic mass is 35.5. The normalized spacial score (nSPS) is 24.6. The molecule has 0 saturated carbocycles. The molecule has 0 aromatic carbocycles. The van der Waals surface area contributed by atoms with Crippen molar-refractivity contribution in [1.29, 1.82) is 0 Å². The van der Waals surface area contributed by atoms with Crippen molar-refractivity contribution in [3.8, 4) is 0 Å². The van der Waals surface area contributed by atoms with Gasteiger partial charge >= 0.3 is 0 Å². The number of nitrogens with zero attached hydrogens (tertiary/aromatic N) is 3. The molecule has 0 spiro atoms. The second-order valence-electron chi connectivity index (χ2n) is 4.64. The zero-order chi connectivity index (χ0) is 14.0. The molecular formula is C12H17ClN4OS. The number of anilines is 1. The summed E-state index contributed by atoms with van der Waals surface area (Å²) >= 11 is 8.29. The highest BCUT2D eigenvalue weighted by molar-refractivity contribution is 8.00. The number of rotatable bonds is 2. The Morgan fingerprint density at radius 3 is 2.74 bits per heavy atom. The molecule has 0 aliphatic carbocycles. The molecule has 1 aromatic rings. The van der Waals surface area contributed by atoms with Gasteiger partial charge in [0.1, 0.15) is 5.82 Å². The summed E-state index contributed by atoms with van der Waals surface area (Å²) in [7, 11) is 0. The van der Waals surface area contributed by atoms with Crippen LogP contribution in [0.25, 0.3) is 0 Å². The van der Waals surface area contributed by atoms with Gasteiger partial charge in [-0.05, 0) is 6.07 Å². The molecule has 0 bridgehead atoms. The third-order valence-electron chi connectivity index (χ3n) is 2.97. The molecule has 2 atom stereocenters. The lowest BCUT2D eigenvalue weighted by Crippen LogP contribution is -2.41. The van der Waals surface area contributed by atoms with E-state index in [9.17, 15) is 0 Å². The number of aromatic nitrogens is 1. The molecular weight excluding hydrogens is 284 g/mol. The Morgan fingerprint density at radius 1 is 1.53 bits per heavy atom. The molecule has 1 aliphatic rings. The van der Waals surface area contributed by atoms with E-state index in [2.05, 4.69) is 28.9 Å². The van der Waals surface area contributed by atoms with Crippen molar-refractivity contribution in [3.63, 3.8) is 0 Å². The van der Waals surface area contributed by atoms with Gasteiger partial charge in [0.2, 0.25) is 0 Å². The number of pyridine rings is 1. The lowest BCUT2D eigenvalue weighted by Gasteiger charge is -2.36. The van der Waals surface area contributed by atoms with Gasteiger partial charge in [-0.3, -0.25) is 0 Å². The van der Waals surface area contributed by atoms with Gasteiger partial charge in [0.05, 0.1) is 5.02 Å². The summed E-state index contributed by atoms with van der Waals surface area (Å²) in [4.78, 5) is 6.50. The van der Waals surface area contributed by atoms with E-state index in [-0.39, 0.29) is 5.84 Å². The van der Waals surface area contributed by atoms with Crippen LogP contribution in [0, 0.1) is 0 Å². The molecule has 3 N–H and O–H groups in total. The monoisotopic (exact) mass is 300 g/mol. The molecule has 0 amide bonds. The number of halogens is 1. The van der Waals surface area contributed by atoms with Crippen LogP contribution in [-0.4, -0.2) is 39.6 Å². The standard InChI is InChI=1S/C12H17ClN4OS/c1-7-5-17(6-8(2)19-7)12-10(13)9(3-4-15-12)11(14)16-18/h3-4,7-8,18H,5-6H2,1-2H3,(H2,14,16). The molecule has 1 fully saturated rings. The fraction of sp³-hybridized carbons (Fsp3) is 0.500. The maximum absolute atomic E-state index is 8.76. The first kappa shape index (κ1) is 14.3. The molecule has 1 saturated heterocycles. The van der Waals surface area contributed by atoms with Crippen molar-refractivity contribution in [2.45, 2.75) is 24.3 Å². The second kappa shape index (κ2) is 5.88. The van der Waals surface area contributed by atoms with Gasteiger partial charge in [-0.25, -0.2) is 4.98 Å². The van der Waals surface area contributed by atoms with E-state index in [1.807, 2.05) is 11.8 Å². The smallest absolute Gasteiger partial charge is 0.171 e. The largest absolute Gasteiger partial charge is 0.409 e. The topological polar surface area (TPSA) is 74.7 Å². The van der Waals surface area contributed by atoms with Crippen molar-refractivity contribution in [3.05, 3.63) is 22.8 Å². The van der Waals surface area contributed by atoms with E-state index in [1.165, 1.54) is 0 Å². The molecule has 19 heavy (non-hydrogen) atoms. The number of hydrogen-bond donors (Lipinski definition) is 2. The van der Waals surface area contributed by atoms with Crippen molar-refractivity contribution in [1.82, 2.24) is 4.98 Å². The lowest BCUT2D eigenvalue weighted by atomic mass is 10.2. The molecule has 1 aromatic heterocycles. The van der Waals surface area contributed by atoms with Crippen molar-refractivity contribution in [2.24, 2.45) is 10.9 Å². The van der Waals surface area contributed by atoms with Crippen LogP contribution >= 0.6 is 23.4 Å². The minimum atomic E-state index is 0.00105. The van der Waals surface area contributed by atoms with E-state index in [0.29, 0.717) is 26.9 Å². The van der Waals surface area contributed by atoms with Crippen LogP contribution < -0.4 is 10.6 Å². The van der Waals surface area contributed by atoms with Crippen LogP contribution in [0.2, 0.25) is 5.02 Å². The van der Waals surface area contributed by atoms with Gasteiger partial charge in [0.15, 0.2) is 5.84 Å². The second-order valence-corrected chi connectivity index (χ2v) is 6.90. The fourth-order valence-electron chi connectivity index (χ4n) is 2.26. The Balaban J connectivity index is 2.35. The maximum Gasteiger partial charge on any atom is 0.171 e. The first-order valence-corrected chi connectivity index (χ1v) is 7.37. The number of nitrogens with two attached hydrogens (primary N) is 1. The molecule has 5 nitrogen and oxygen atoms in total. The summed E-state index contributed by atoms with van der Waals surface area (Å²) in [5, 5.41) is 13.2. The molecule has 2 rings (SSSR count). The number of thioether (sulfide) groups is 1. The summed E-state index contributed by atoms with van der Waals surface area (Å²) < 4.78 is 0. The van der Waals surface area contributed by atoms with Gasteiger partial charge < -0.3 is 15.8 Å². The van der Waals surface area contributed by atoms with Crippen LogP contribution in [0.1, 0.15) is 19.4 Å². The molecule has 2 unspecified atom stereocenters. The van der Waals surface area contributed by atoms with Crippen LogP contribution in [0.5, 0.6) is 0 Å². The summed E-state index contributed by atoms with van der Waals surface area (Å²) in [6, 6.07) is 1.65. The van der Waals surface area contributed by atoms with E-state index in [0.717, 1.165) is 13.1 Å². The Morgan fingerprint density at radius 2 is 2.16 bits per heavy atom. The van der Waals surface area contributed by atoms with E-state index in [4.69, 9.17) is 22.5 Å². The van der Waals surface area contributed by atoms with Gasteiger partial charge in [0, 0.05) is 35.3 Å². The van der Waals surface area contributed by atoms with E-state index >= 15 is 0 Å². The average molecular weight is 301 g/mol. The van der Waals surface area contributed by atoms with Crippen LogP contribution in [0.15, 0.2) is 17.4 Å². The van der Waals surface area contributed by atoms with E-state index < -0.39 is 0 Å². The minimum absolute atomic E-state index is 0.00105. The van der Waals surface area contributed by atoms with Gasteiger partial charge in [-0.1, -0.05) is 30.6 Å². The first-order chi connectivity index (χ1) is 9.02. The van der Waals surface area contributed by atoms with Crippen molar-refractivity contribution in [2.75, 3.05) is 18.0 Å². The summed E-state index contributed by atoms with van der Waals surface area (Å²) in [5.74, 6) is 0.700.